The molecule has 0 aliphatic carbocycles. The van der Waals surface area contributed by atoms with Crippen LogP contribution in [-0.4, -0.2) is 44.6 Å². The van der Waals surface area contributed by atoms with Crippen LogP contribution in [0.15, 0.2) is 40.5 Å². The number of benzene rings is 1. The molecule has 1 aliphatic heterocycles. The molecule has 0 saturated carbocycles. The van der Waals surface area contributed by atoms with Crippen LogP contribution in [0.1, 0.15) is 30.2 Å². The lowest BCUT2D eigenvalue weighted by Gasteiger charge is -2.30. The third kappa shape index (κ3) is 3.81. The fraction of sp³-hybridized carbons (Fsp3) is 0.500. The summed E-state index contributed by atoms with van der Waals surface area (Å²) in [5, 5.41) is 2.16. The van der Waals surface area contributed by atoms with Crippen molar-refractivity contribution in [3.8, 4) is 0 Å². The van der Waals surface area contributed by atoms with Crippen LogP contribution in [0.3, 0.4) is 0 Å². The smallest absolute Gasteiger partial charge is 0.299 e. The van der Waals surface area contributed by atoms with Crippen molar-refractivity contribution in [2.24, 2.45) is 14.1 Å². The van der Waals surface area contributed by atoms with Crippen LogP contribution in [0, 0.1) is 0 Å². The summed E-state index contributed by atoms with van der Waals surface area (Å²) >= 11 is 1.83. The van der Waals surface area contributed by atoms with Crippen molar-refractivity contribution in [2.45, 2.75) is 38.9 Å². The first-order chi connectivity index (χ1) is 13.6. The Kier molecular flexibility index (Phi) is 5.71. The number of hydrogen-bond acceptors (Lipinski definition) is 4. The van der Waals surface area contributed by atoms with Crippen LogP contribution in [0.5, 0.6) is 0 Å². The van der Waals surface area contributed by atoms with Gasteiger partial charge in [-0.3, -0.25) is 18.9 Å². The number of imidazole rings is 1. The molecule has 5 nitrogen and oxygen atoms in total. The van der Waals surface area contributed by atoms with Crippen LogP contribution in [-0.2, 0) is 27.2 Å². The van der Waals surface area contributed by atoms with Crippen LogP contribution < -0.4 is 5.69 Å². The fourth-order valence-corrected chi connectivity index (χ4v) is 5.28. The third-order valence-electron chi connectivity index (χ3n) is 6.08. The zero-order valence-electron chi connectivity index (χ0n) is 17.1. The molecule has 0 radical (unpaired) electrons. The minimum absolute atomic E-state index is 0.0344. The Morgan fingerprint density at radius 3 is 2.71 bits per heavy atom. The van der Waals surface area contributed by atoms with Crippen LogP contribution in [0.25, 0.3) is 11.0 Å². The van der Waals surface area contributed by atoms with Crippen LogP contribution in [0.4, 0.5) is 0 Å². The second kappa shape index (κ2) is 8.23. The number of nitrogens with zero attached hydrogens (tertiary/aromatic N) is 4. The lowest BCUT2D eigenvalue weighted by atomic mass is 10.1. The highest BCUT2D eigenvalue weighted by Gasteiger charge is 2.25. The quantitative estimate of drug-likeness (QED) is 0.611. The molecule has 2 aromatic heterocycles. The molecule has 1 aromatic carbocycles. The third-order valence-corrected chi connectivity index (χ3v) is 6.94. The summed E-state index contributed by atoms with van der Waals surface area (Å²) in [5.74, 6) is 0. The van der Waals surface area contributed by atoms with Gasteiger partial charge in [-0.1, -0.05) is 19.1 Å². The van der Waals surface area contributed by atoms with Crippen molar-refractivity contribution in [1.82, 2.24) is 18.9 Å². The molecule has 6 heteroatoms. The molecule has 1 atom stereocenters. The molecule has 1 saturated heterocycles. The maximum absolute atomic E-state index is 12.2. The fourth-order valence-electron chi connectivity index (χ4n) is 4.53. The average molecular weight is 399 g/mol. The Morgan fingerprint density at radius 2 is 1.96 bits per heavy atom. The SMILES string of the molecule is CCN1CCC[C@@H]1CN(Cc1ccc2c(c1)n(C)c(=O)n2C)Cc1cccs1. The maximum Gasteiger partial charge on any atom is 0.328 e. The summed E-state index contributed by atoms with van der Waals surface area (Å²) < 4.78 is 3.47. The predicted molar refractivity (Wildman–Crippen MR) is 117 cm³/mol. The minimum atomic E-state index is 0.0344. The van der Waals surface area contributed by atoms with Crippen molar-refractivity contribution < 1.29 is 0 Å². The van der Waals surface area contributed by atoms with E-state index in [0.717, 1.165) is 37.2 Å². The highest BCUT2D eigenvalue weighted by molar-refractivity contribution is 7.09. The topological polar surface area (TPSA) is 33.4 Å². The van der Waals surface area contributed by atoms with E-state index in [1.54, 1.807) is 9.13 Å². The first-order valence-corrected chi connectivity index (χ1v) is 11.1. The molecule has 28 heavy (non-hydrogen) atoms. The molecule has 0 unspecified atom stereocenters. The van der Waals surface area contributed by atoms with Gasteiger partial charge in [-0.2, -0.15) is 0 Å². The van der Waals surface area contributed by atoms with Crippen molar-refractivity contribution >= 4 is 22.4 Å². The monoisotopic (exact) mass is 398 g/mol. The second-order valence-electron chi connectivity index (χ2n) is 7.90. The lowest BCUT2D eigenvalue weighted by Crippen LogP contribution is -2.39. The van der Waals surface area contributed by atoms with Gasteiger partial charge in [-0.15, -0.1) is 11.3 Å². The Labute approximate surface area is 170 Å². The summed E-state index contributed by atoms with van der Waals surface area (Å²) in [7, 11) is 3.70. The first kappa shape index (κ1) is 19.4. The largest absolute Gasteiger partial charge is 0.328 e. The van der Waals surface area contributed by atoms with Gasteiger partial charge in [0.15, 0.2) is 0 Å². The molecule has 150 valence electrons. The average Bonchev–Trinajstić information content (AvgIpc) is 3.41. The van der Waals surface area contributed by atoms with Gasteiger partial charge in [-0.05, 0) is 55.1 Å². The summed E-state index contributed by atoms with van der Waals surface area (Å²) in [6.07, 6.45) is 2.60. The van der Waals surface area contributed by atoms with Crippen LogP contribution in [0.2, 0.25) is 0 Å². The number of aromatic nitrogens is 2. The van der Waals surface area contributed by atoms with Gasteiger partial charge in [0.2, 0.25) is 0 Å². The maximum atomic E-state index is 12.2. The van der Waals surface area contributed by atoms with Gasteiger partial charge in [0.05, 0.1) is 11.0 Å². The van der Waals surface area contributed by atoms with Gasteiger partial charge in [-0.25, -0.2) is 4.79 Å². The van der Waals surface area contributed by atoms with Gasteiger partial charge in [0.25, 0.3) is 0 Å². The number of likely N-dealkylation sites (tertiary alicyclic amines) is 1. The molecule has 1 fully saturated rings. The van der Waals surface area contributed by atoms with E-state index < -0.39 is 0 Å². The Bertz CT molecular complexity index is 988. The van der Waals surface area contributed by atoms with Crippen molar-refractivity contribution in [3.05, 3.63) is 56.6 Å². The molecule has 0 spiro atoms. The van der Waals surface area contributed by atoms with E-state index in [-0.39, 0.29) is 5.69 Å². The Hall–Kier alpha value is -1.89. The predicted octanol–water partition coefficient (Wildman–Crippen LogP) is 3.43. The number of fused-ring (bicyclic) bond motifs is 1. The van der Waals surface area contributed by atoms with E-state index in [1.165, 1.54) is 29.8 Å². The molecule has 0 bridgehead atoms. The zero-order valence-corrected chi connectivity index (χ0v) is 17.9. The number of thiophene rings is 1. The summed E-state index contributed by atoms with van der Waals surface area (Å²) in [5.41, 5.74) is 3.31. The molecule has 0 amide bonds. The zero-order chi connectivity index (χ0) is 19.7. The minimum Gasteiger partial charge on any atom is -0.299 e. The molecule has 1 aliphatic rings. The second-order valence-corrected chi connectivity index (χ2v) is 8.93. The number of hydrogen-bond donors (Lipinski definition) is 0. The molecular weight excluding hydrogens is 368 g/mol. The molecule has 3 aromatic rings. The van der Waals surface area contributed by atoms with E-state index in [2.05, 4.69) is 52.4 Å². The van der Waals surface area contributed by atoms with E-state index in [1.807, 2.05) is 25.4 Å². The number of likely N-dealkylation sites (N-methyl/N-ethyl adjacent to an activating group) is 1. The first-order valence-electron chi connectivity index (χ1n) is 10.2. The van der Waals surface area contributed by atoms with Gasteiger partial charge in [0.1, 0.15) is 0 Å². The van der Waals surface area contributed by atoms with Crippen molar-refractivity contribution in [1.29, 1.82) is 0 Å². The van der Waals surface area contributed by atoms with Crippen molar-refractivity contribution in [2.75, 3.05) is 19.6 Å². The number of aryl methyl sites for hydroxylation is 2. The normalized spacial score (nSPS) is 17.9. The van der Waals surface area contributed by atoms with E-state index in [4.69, 9.17) is 0 Å². The molecule has 3 heterocycles. The molecule has 0 N–H and O–H groups in total. The number of rotatable bonds is 7. The van der Waals surface area contributed by atoms with Crippen molar-refractivity contribution in [3.63, 3.8) is 0 Å². The standard InChI is InChI=1S/C22H30N4OS/c1-4-26-11-5-7-18(26)15-25(16-19-8-6-12-28-19)14-17-9-10-20-21(13-17)24(3)22(27)23(20)2/h6,8-10,12-13,18H,4-5,7,11,14-16H2,1-3H3/t18-/m1/s1. The summed E-state index contributed by atoms with van der Waals surface area (Å²) in [4.78, 5) is 18.8. The Balaban J connectivity index is 1.58. The van der Waals surface area contributed by atoms with E-state index in [9.17, 15) is 4.79 Å². The van der Waals surface area contributed by atoms with E-state index >= 15 is 0 Å². The van der Waals surface area contributed by atoms with Gasteiger partial charge in [0, 0.05) is 44.6 Å². The summed E-state index contributed by atoms with van der Waals surface area (Å²) in [6, 6.07) is 11.5. The van der Waals surface area contributed by atoms with Gasteiger partial charge >= 0.3 is 5.69 Å². The van der Waals surface area contributed by atoms with Crippen LogP contribution >= 0.6 is 11.3 Å². The van der Waals surface area contributed by atoms with E-state index in [0.29, 0.717) is 6.04 Å². The highest BCUT2D eigenvalue weighted by atomic mass is 32.1. The Morgan fingerprint density at radius 1 is 1.14 bits per heavy atom. The highest BCUT2D eigenvalue weighted by Crippen LogP contribution is 2.22. The molecule has 4 rings (SSSR count). The molecular formula is C22H30N4OS. The van der Waals surface area contributed by atoms with Gasteiger partial charge < -0.3 is 0 Å². The lowest BCUT2D eigenvalue weighted by molar-refractivity contribution is 0.167. The summed E-state index contributed by atoms with van der Waals surface area (Å²) in [6.45, 7) is 7.62.